The van der Waals surface area contributed by atoms with Crippen molar-refractivity contribution in [2.24, 2.45) is 17.8 Å². The number of carbonyl (C=O) groups excluding carboxylic acids is 2. The number of pyridine rings is 1. The van der Waals surface area contributed by atoms with Crippen LogP contribution in [0, 0.1) is 37.5 Å². The monoisotopic (exact) mass is 595 g/mol. The number of anilines is 1. The van der Waals surface area contributed by atoms with Crippen LogP contribution in [0.4, 0.5) is 14.6 Å². The first-order valence-electron chi connectivity index (χ1n) is 15.7. The number of H-pyrrole nitrogens is 1. The summed E-state index contributed by atoms with van der Waals surface area (Å²) in [5, 5.41) is 17.1. The third-order valence-electron chi connectivity index (χ3n) is 9.38. The van der Waals surface area contributed by atoms with Crippen LogP contribution in [-0.2, 0) is 4.79 Å². The Bertz CT molecular complexity index is 1370. The summed E-state index contributed by atoms with van der Waals surface area (Å²) in [6.07, 6.45) is 12.2. The van der Waals surface area contributed by atoms with Crippen molar-refractivity contribution >= 4 is 17.6 Å². The molecule has 0 radical (unpaired) electrons. The van der Waals surface area contributed by atoms with Crippen molar-refractivity contribution in [3.8, 4) is 11.1 Å². The Balaban J connectivity index is 1.47. The van der Waals surface area contributed by atoms with Crippen LogP contribution in [0.5, 0.6) is 0 Å². The molecule has 0 spiro atoms. The number of hydrogen-bond donors (Lipinski definition) is 3. The third-order valence-corrected chi connectivity index (χ3v) is 9.38. The molecule has 2 fully saturated rings. The molecule has 0 aliphatic heterocycles. The first-order valence-corrected chi connectivity index (χ1v) is 15.7. The summed E-state index contributed by atoms with van der Waals surface area (Å²) in [7, 11) is 0. The van der Waals surface area contributed by atoms with Crippen molar-refractivity contribution in [1.82, 2.24) is 30.3 Å². The average Bonchev–Trinajstić information content (AvgIpc) is 3.64. The smallest absolute Gasteiger partial charge is 0.270 e. The number of nitrogens with one attached hydrogen (secondary N) is 3. The second-order valence-corrected chi connectivity index (χ2v) is 12.3. The molecule has 0 aromatic carbocycles. The highest BCUT2D eigenvalue weighted by Gasteiger charge is 2.41. The van der Waals surface area contributed by atoms with Crippen molar-refractivity contribution in [3.63, 3.8) is 0 Å². The maximum Gasteiger partial charge on any atom is 0.270 e. The highest BCUT2D eigenvalue weighted by molar-refractivity contribution is 6.00. The fraction of sp³-hybridized carbons (Fsp3) is 0.594. The van der Waals surface area contributed by atoms with Crippen molar-refractivity contribution in [3.05, 3.63) is 47.4 Å². The molecule has 0 saturated heterocycles. The standard InChI is InChI=1S/C32H43F2N7O2/c1-19(18-33)41-25(16-17-35-41)31(42)38-29(28(22-10-6-4-7-11-22)23-12-8-5-9-13-23)32(43)37-26-15-14-24(30(34)36-26)27-20(2)39-40-21(27)3/h14-17,19,22-23,28-29H,4-13,18H2,1-3H3,(H,38,42)(H,39,40)(H,36,37,43)/t19?,29-/m0/s1. The molecule has 3 heterocycles. The number of aromatic nitrogens is 5. The van der Waals surface area contributed by atoms with Gasteiger partial charge in [-0.25, -0.2) is 9.37 Å². The maximum absolute atomic E-state index is 15.3. The number of halogens is 2. The van der Waals surface area contributed by atoms with Gasteiger partial charge in [-0.3, -0.25) is 19.4 Å². The highest BCUT2D eigenvalue weighted by Crippen LogP contribution is 2.42. The van der Waals surface area contributed by atoms with E-state index in [0.717, 1.165) is 57.1 Å². The van der Waals surface area contributed by atoms with Gasteiger partial charge in [-0.2, -0.15) is 14.6 Å². The summed E-state index contributed by atoms with van der Waals surface area (Å²) >= 11 is 0. The van der Waals surface area contributed by atoms with E-state index in [2.05, 4.69) is 30.9 Å². The molecule has 9 nitrogen and oxygen atoms in total. The van der Waals surface area contributed by atoms with Crippen LogP contribution in [0.3, 0.4) is 0 Å². The Morgan fingerprint density at radius 3 is 2.23 bits per heavy atom. The second kappa shape index (κ2) is 13.8. The Morgan fingerprint density at radius 2 is 1.67 bits per heavy atom. The molecule has 2 atom stereocenters. The van der Waals surface area contributed by atoms with Crippen LogP contribution < -0.4 is 10.6 Å². The fourth-order valence-electron chi connectivity index (χ4n) is 7.27. The quantitative estimate of drug-likeness (QED) is 0.232. The van der Waals surface area contributed by atoms with Crippen LogP contribution in [0.2, 0.25) is 0 Å². The topological polar surface area (TPSA) is 118 Å². The van der Waals surface area contributed by atoms with Gasteiger partial charge < -0.3 is 10.6 Å². The molecule has 2 saturated carbocycles. The number of amides is 2. The lowest BCUT2D eigenvalue weighted by atomic mass is 9.66. The number of aromatic amines is 1. The summed E-state index contributed by atoms with van der Waals surface area (Å²) in [6, 6.07) is 3.22. The fourth-order valence-corrected chi connectivity index (χ4v) is 7.27. The Morgan fingerprint density at radius 1 is 1.02 bits per heavy atom. The SMILES string of the molecule is Cc1n[nH]c(C)c1-c1ccc(NC(=O)[C@@H](NC(=O)c2ccnn2C(C)CF)C(C2CCCCC2)C2CCCCC2)nc1F. The highest BCUT2D eigenvalue weighted by atomic mass is 19.1. The van der Waals surface area contributed by atoms with Crippen LogP contribution in [-0.4, -0.2) is 49.5 Å². The molecule has 5 rings (SSSR count). The van der Waals surface area contributed by atoms with E-state index in [0.29, 0.717) is 16.8 Å². The molecule has 232 valence electrons. The minimum Gasteiger partial charge on any atom is -0.339 e. The van der Waals surface area contributed by atoms with E-state index in [9.17, 15) is 14.0 Å². The normalized spacial score (nSPS) is 18.0. The lowest BCUT2D eigenvalue weighted by Crippen LogP contribution is -2.53. The molecule has 2 aliphatic rings. The van der Waals surface area contributed by atoms with E-state index >= 15 is 4.39 Å². The zero-order valence-electron chi connectivity index (χ0n) is 25.3. The molecule has 2 aliphatic carbocycles. The molecule has 1 unspecified atom stereocenters. The van der Waals surface area contributed by atoms with Crippen molar-refractivity contribution in [2.75, 3.05) is 12.0 Å². The molecule has 43 heavy (non-hydrogen) atoms. The minimum absolute atomic E-state index is 0.0754. The number of nitrogens with zero attached hydrogens (tertiary/aromatic N) is 4. The van der Waals surface area contributed by atoms with Gasteiger partial charge in [-0.1, -0.05) is 64.2 Å². The maximum atomic E-state index is 15.3. The molecule has 2 amide bonds. The second-order valence-electron chi connectivity index (χ2n) is 12.3. The number of hydrogen-bond acceptors (Lipinski definition) is 5. The van der Waals surface area contributed by atoms with Gasteiger partial charge in [0.1, 0.15) is 24.2 Å². The van der Waals surface area contributed by atoms with Crippen molar-refractivity contribution < 1.29 is 18.4 Å². The van der Waals surface area contributed by atoms with Gasteiger partial charge in [0, 0.05) is 23.0 Å². The molecule has 3 aromatic rings. The van der Waals surface area contributed by atoms with Crippen molar-refractivity contribution in [1.29, 1.82) is 0 Å². The van der Waals surface area contributed by atoms with Crippen LogP contribution >= 0.6 is 0 Å². The van der Waals surface area contributed by atoms with E-state index in [4.69, 9.17) is 0 Å². The predicted molar refractivity (Wildman–Crippen MR) is 161 cm³/mol. The molecular weight excluding hydrogens is 552 g/mol. The van der Waals surface area contributed by atoms with Crippen LogP contribution in [0.25, 0.3) is 11.1 Å². The first kappa shape index (κ1) is 30.8. The summed E-state index contributed by atoms with van der Waals surface area (Å²) in [6.45, 7) is 4.58. The Kier molecular flexibility index (Phi) is 9.87. The largest absolute Gasteiger partial charge is 0.339 e. The van der Waals surface area contributed by atoms with E-state index in [1.165, 1.54) is 23.7 Å². The van der Waals surface area contributed by atoms with E-state index in [-0.39, 0.29) is 29.3 Å². The summed E-state index contributed by atoms with van der Waals surface area (Å²) in [5.74, 6) is -1.06. The predicted octanol–water partition coefficient (Wildman–Crippen LogP) is 6.47. The zero-order chi connectivity index (χ0) is 30.5. The minimum atomic E-state index is -0.870. The number of aryl methyl sites for hydroxylation is 2. The summed E-state index contributed by atoms with van der Waals surface area (Å²) in [4.78, 5) is 32.0. The molecule has 0 bridgehead atoms. The Hall–Kier alpha value is -3.63. The number of rotatable bonds is 10. The molecule has 11 heteroatoms. The summed E-state index contributed by atoms with van der Waals surface area (Å²) < 4.78 is 30.2. The van der Waals surface area contributed by atoms with Gasteiger partial charge in [0.2, 0.25) is 11.9 Å². The molecule has 3 N–H and O–H groups in total. The molecule has 3 aromatic heterocycles. The average molecular weight is 596 g/mol. The van der Waals surface area contributed by atoms with Crippen LogP contribution in [0.1, 0.15) is 99.1 Å². The van der Waals surface area contributed by atoms with Crippen molar-refractivity contribution in [2.45, 2.75) is 97.1 Å². The number of carbonyl (C=O) groups is 2. The van der Waals surface area contributed by atoms with E-state index in [1.807, 2.05) is 6.92 Å². The van der Waals surface area contributed by atoms with Crippen LogP contribution in [0.15, 0.2) is 24.4 Å². The molecular formula is C32H43F2N7O2. The van der Waals surface area contributed by atoms with Gasteiger partial charge in [0.25, 0.3) is 5.91 Å². The third kappa shape index (κ3) is 6.80. The zero-order valence-corrected chi connectivity index (χ0v) is 25.3. The van der Waals surface area contributed by atoms with Gasteiger partial charge in [-0.15, -0.1) is 0 Å². The van der Waals surface area contributed by atoms with Gasteiger partial charge in [-0.05, 0) is 56.7 Å². The lowest BCUT2D eigenvalue weighted by molar-refractivity contribution is -0.121. The lowest BCUT2D eigenvalue weighted by Gasteiger charge is -2.42. The Labute approximate surface area is 251 Å². The number of alkyl halides is 1. The van der Waals surface area contributed by atoms with Gasteiger partial charge >= 0.3 is 0 Å². The van der Waals surface area contributed by atoms with Gasteiger partial charge in [0.15, 0.2) is 0 Å². The van der Waals surface area contributed by atoms with Gasteiger partial charge in [0.05, 0.1) is 11.7 Å². The first-order chi connectivity index (χ1) is 20.8. The summed E-state index contributed by atoms with van der Waals surface area (Å²) in [5.41, 5.74) is 2.52. The van der Waals surface area contributed by atoms with E-state index < -0.39 is 36.5 Å². The van der Waals surface area contributed by atoms with E-state index in [1.54, 1.807) is 32.0 Å².